The molecule has 94 valence electrons. The molecular weight excluding hydrogens is 239 g/mol. The van der Waals surface area contributed by atoms with Gasteiger partial charge in [0, 0.05) is 6.54 Å². The van der Waals surface area contributed by atoms with Crippen LogP contribution < -0.4 is 0 Å². The second kappa shape index (κ2) is 4.01. The highest BCUT2D eigenvalue weighted by atomic mass is 19.4. The molecule has 1 N–H and O–H groups in total. The molecular formula is C9H10F3N3O2. The predicted octanol–water partition coefficient (Wildman–Crippen LogP) is 1.56. The molecule has 17 heavy (non-hydrogen) atoms. The fourth-order valence-corrected chi connectivity index (χ4v) is 1.90. The van der Waals surface area contributed by atoms with Crippen LogP contribution in [0.25, 0.3) is 0 Å². The van der Waals surface area contributed by atoms with Crippen LogP contribution in [-0.2, 0) is 6.54 Å². The molecule has 1 fully saturated rings. The topological polar surface area (TPSA) is 68.0 Å². The van der Waals surface area contributed by atoms with Crippen molar-refractivity contribution in [3.63, 3.8) is 0 Å². The molecule has 8 heteroatoms. The number of aromatic carboxylic acids is 1. The van der Waals surface area contributed by atoms with Crippen molar-refractivity contribution in [1.82, 2.24) is 14.8 Å². The van der Waals surface area contributed by atoms with Crippen molar-refractivity contribution in [3.05, 3.63) is 12.2 Å². The van der Waals surface area contributed by atoms with Gasteiger partial charge in [0.25, 0.3) is 5.82 Å². The summed E-state index contributed by atoms with van der Waals surface area (Å²) >= 11 is 0. The second-order valence-corrected chi connectivity index (χ2v) is 4.17. The van der Waals surface area contributed by atoms with Gasteiger partial charge in [0.1, 0.15) is 6.33 Å². The highest BCUT2D eigenvalue weighted by molar-refractivity contribution is 5.82. The van der Waals surface area contributed by atoms with Crippen molar-refractivity contribution in [3.8, 4) is 0 Å². The highest BCUT2D eigenvalue weighted by Gasteiger charge is 2.47. The first-order valence-corrected chi connectivity index (χ1v) is 5.05. The summed E-state index contributed by atoms with van der Waals surface area (Å²) in [6, 6.07) is 0. The number of carboxylic acid groups (broad SMARTS) is 1. The van der Waals surface area contributed by atoms with Crippen LogP contribution in [0.2, 0.25) is 0 Å². The Morgan fingerprint density at radius 2 is 2.18 bits per heavy atom. The first kappa shape index (κ1) is 11.9. The number of alkyl halides is 3. The standard InChI is InChI=1S/C9H10F3N3O2/c10-9(11,12)6-1-5(2-6)3-15-4-13-7(14-15)8(16)17/h4-6H,1-3H2,(H,16,17)/t5-,6-. The fourth-order valence-electron chi connectivity index (χ4n) is 1.90. The van der Waals surface area contributed by atoms with Gasteiger partial charge >= 0.3 is 12.1 Å². The molecule has 0 atom stereocenters. The number of aromatic nitrogens is 3. The van der Waals surface area contributed by atoms with E-state index in [2.05, 4.69) is 10.1 Å². The molecule has 1 aromatic heterocycles. The molecule has 0 radical (unpaired) electrons. The third kappa shape index (κ3) is 2.56. The molecule has 0 amide bonds. The minimum Gasteiger partial charge on any atom is -0.475 e. The molecule has 0 bridgehead atoms. The lowest BCUT2D eigenvalue weighted by atomic mass is 9.74. The summed E-state index contributed by atoms with van der Waals surface area (Å²) in [5.74, 6) is -2.91. The normalized spacial score (nSPS) is 24.4. The summed E-state index contributed by atoms with van der Waals surface area (Å²) in [4.78, 5) is 14.0. The van der Waals surface area contributed by atoms with E-state index in [0.29, 0.717) is 0 Å². The van der Waals surface area contributed by atoms with Crippen LogP contribution in [0.15, 0.2) is 6.33 Å². The monoisotopic (exact) mass is 249 g/mol. The summed E-state index contributed by atoms with van der Waals surface area (Å²) in [5.41, 5.74) is 0. The van der Waals surface area contributed by atoms with Crippen LogP contribution in [0.1, 0.15) is 23.5 Å². The van der Waals surface area contributed by atoms with E-state index in [4.69, 9.17) is 5.11 Å². The Bertz CT molecular complexity index is 423. The van der Waals surface area contributed by atoms with Gasteiger partial charge in [-0.1, -0.05) is 0 Å². The minimum absolute atomic E-state index is 0.0752. The molecule has 0 saturated heterocycles. The number of rotatable bonds is 3. The lowest BCUT2D eigenvalue weighted by Gasteiger charge is -2.36. The Morgan fingerprint density at radius 3 is 2.65 bits per heavy atom. The third-order valence-electron chi connectivity index (χ3n) is 2.87. The zero-order valence-electron chi connectivity index (χ0n) is 8.68. The van der Waals surface area contributed by atoms with Gasteiger partial charge in [0.15, 0.2) is 0 Å². The van der Waals surface area contributed by atoms with E-state index >= 15 is 0 Å². The Hall–Kier alpha value is -1.60. The molecule has 0 aromatic carbocycles. The van der Waals surface area contributed by atoms with E-state index in [0.717, 1.165) is 0 Å². The van der Waals surface area contributed by atoms with E-state index in [-0.39, 0.29) is 31.1 Å². The number of carboxylic acids is 1. The van der Waals surface area contributed by atoms with Crippen LogP contribution in [-0.4, -0.2) is 32.0 Å². The van der Waals surface area contributed by atoms with Crippen LogP contribution in [0, 0.1) is 11.8 Å². The Balaban J connectivity index is 1.86. The van der Waals surface area contributed by atoms with Crippen LogP contribution >= 0.6 is 0 Å². The minimum atomic E-state index is -4.12. The maximum absolute atomic E-state index is 12.2. The number of carbonyl (C=O) groups is 1. The number of halogens is 3. The van der Waals surface area contributed by atoms with Gasteiger partial charge < -0.3 is 5.11 Å². The van der Waals surface area contributed by atoms with Gasteiger partial charge in [-0.15, -0.1) is 5.10 Å². The number of hydrogen-bond donors (Lipinski definition) is 1. The van der Waals surface area contributed by atoms with Crippen LogP contribution in [0.3, 0.4) is 0 Å². The van der Waals surface area contributed by atoms with Crippen molar-refractivity contribution in [1.29, 1.82) is 0 Å². The maximum atomic E-state index is 12.2. The average Bonchev–Trinajstić information content (AvgIpc) is 2.56. The summed E-state index contributed by atoms with van der Waals surface area (Å²) in [5, 5.41) is 12.2. The quantitative estimate of drug-likeness (QED) is 0.882. The Labute approximate surface area is 94.3 Å². The van der Waals surface area contributed by atoms with Gasteiger partial charge in [0.2, 0.25) is 0 Å². The van der Waals surface area contributed by atoms with Crippen LogP contribution in [0.4, 0.5) is 13.2 Å². The lowest BCUT2D eigenvalue weighted by Crippen LogP contribution is -2.37. The van der Waals surface area contributed by atoms with Crippen molar-refractivity contribution in [2.24, 2.45) is 11.8 Å². The number of nitrogens with zero attached hydrogens (tertiary/aromatic N) is 3. The molecule has 1 aliphatic carbocycles. The number of hydrogen-bond acceptors (Lipinski definition) is 3. The van der Waals surface area contributed by atoms with Gasteiger partial charge in [-0.2, -0.15) is 13.2 Å². The van der Waals surface area contributed by atoms with Crippen molar-refractivity contribution < 1.29 is 23.1 Å². The molecule has 1 aromatic rings. The SMILES string of the molecule is O=C(O)c1ncn(C[C@H]2C[C@H](C(F)(F)F)C2)n1. The molecule has 0 aliphatic heterocycles. The van der Waals surface area contributed by atoms with Gasteiger partial charge in [-0.25, -0.2) is 9.78 Å². The van der Waals surface area contributed by atoms with E-state index in [1.807, 2.05) is 0 Å². The Kier molecular flexibility index (Phi) is 2.80. The summed E-state index contributed by atoms with van der Waals surface area (Å²) in [7, 11) is 0. The zero-order chi connectivity index (χ0) is 12.6. The molecule has 0 unspecified atom stereocenters. The van der Waals surface area contributed by atoms with E-state index < -0.39 is 18.1 Å². The maximum Gasteiger partial charge on any atom is 0.391 e. The molecule has 5 nitrogen and oxygen atoms in total. The fraction of sp³-hybridized carbons (Fsp3) is 0.667. The molecule has 1 saturated carbocycles. The first-order chi connectivity index (χ1) is 7.86. The molecule has 2 rings (SSSR count). The smallest absolute Gasteiger partial charge is 0.391 e. The van der Waals surface area contributed by atoms with Gasteiger partial charge in [-0.05, 0) is 18.8 Å². The zero-order valence-corrected chi connectivity index (χ0v) is 8.68. The predicted molar refractivity (Wildman–Crippen MR) is 49.3 cm³/mol. The summed E-state index contributed by atoms with van der Waals surface area (Å²) in [6.07, 6.45) is -2.74. The van der Waals surface area contributed by atoms with Crippen molar-refractivity contribution in [2.75, 3.05) is 0 Å². The van der Waals surface area contributed by atoms with Gasteiger partial charge in [-0.3, -0.25) is 4.68 Å². The largest absolute Gasteiger partial charge is 0.475 e. The van der Waals surface area contributed by atoms with E-state index in [1.54, 1.807) is 0 Å². The summed E-state index contributed by atoms with van der Waals surface area (Å²) < 4.78 is 37.9. The summed E-state index contributed by atoms with van der Waals surface area (Å²) in [6.45, 7) is 0.285. The van der Waals surface area contributed by atoms with Gasteiger partial charge in [0.05, 0.1) is 5.92 Å². The van der Waals surface area contributed by atoms with Crippen molar-refractivity contribution >= 4 is 5.97 Å². The van der Waals surface area contributed by atoms with Crippen molar-refractivity contribution in [2.45, 2.75) is 25.6 Å². The molecule has 1 aliphatic rings. The van der Waals surface area contributed by atoms with Crippen LogP contribution in [0.5, 0.6) is 0 Å². The average molecular weight is 249 g/mol. The lowest BCUT2D eigenvalue weighted by molar-refractivity contribution is -0.205. The Morgan fingerprint density at radius 1 is 1.53 bits per heavy atom. The molecule has 1 heterocycles. The van der Waals surface area contributed by atoms with E-state index in [1.165, 1.54) is 11.0 Å². The first-order valence-electron chi connectivity index (χ1n) is 5.05. The highest BCUT2D eigenvalue weighted by Crippen LogP contribution is 2.45. The molecule has 0 spiro atoms. The second-order valence-electron chi connectivity index (χ2n) is 4.17. The van der Waals surface area contributed by atoms with E-state index in [9.17, 15) is 18.0 Å². The third-order valence-corrected chi connectivity index (χ3v) is 2.87.